The van der Waals surface area contributed by atoms with Crippen LogP contribution in [0.5, 0.6) is 0 Å². The van der Waals surface area contributed by atoms with Crippen LogP contribution in [0, 0.1) is 12.8 Å². The molecule has 1 saturated heterocycles. The molecule has 1 N–H and O–H groups in total. The van der Waals surface area contributed by atoms with Gasteiger partial charge < -0.3 is 14.7 Å². The van der Waals surface area contributed by atoms with Crippen LogP contribution in [0.4, 0.5) is 13.2 Å². The van der Waals surface area contributed by atoms with E-state index in [2.05, 4.69) is 25.3 Å². The van der Waals surface area contributed by atoms with E-state index in [-0.39, 0.29) is 29.9 Å². The monoisotopic (exact) mass is 504 g/mol. The Labute approximate surface area is 174 Å². The van der Waals surface area contributed by atoms with Crippen LogP contribution in [-0.2, 0) is 6.54 Å². The minimum absolute atomic E-state index is 0. The molecular formula is C16H28F3IN6O. The molecule has 1 aliphatic rings. The topological polar surface area (TPSA) is 69.8 Å². The van der Waals surface area contributed by atoms with Crippen molar-refractivity contribution in [2.24, 2.45) is 10.9 Å². The van der Waals surface area contributed by atoms with Crippen LogP contribution in [0.1, 0.15) is 32.0 Å². The molecule has 2 heterocycles. The number of hydrogen-bond acceptors (Lipinski definition) is 5. The third kappa shape index (κ3) is 8.20. The summed E-state index contributed by atoms with van der Waals surface area (Å²) in [6.07, 6.45) is -3.31. The Bertz CT molecular complexity index is 595. The van der Waals surface area contributed by atoms with E-state index in [9.17, 15) is 13.2 Å². The Balaban J connectivity index is 0.00000364. The summed E-state index contributed by atoms with van der Waals surface area (Å²) in [7, 11) is 0. The van der Waals surface area contributed by atoms with Crippen molar-refractivity contribution in [3.63, 3.8) is 0 Å². The van der Waals surface area contributed by atoms with Crippen LogP contribution in [0.3, 0.4) is 0 Å². The van der Waals surface area contributed by atoms with E-state index < -0.39 is 12.7 Å². The summed E-state index contributed by atoms with van der Waals surface area (Å²) in [5.74, 6) is 1.92. The first-order chi connectivity index (χ1) is 12.3. The largest absolute Gasteiger partial charge is 0.401 e. The number of aryl methyl sites for hydroxylation is 1. The Hall–Kier alpha value is -1.11. The minimum atomic E-state index is -4.16. The first-order valence-corrected chi connectivity index (χ1v) is 8.92. The van der Waals surface area contributed by atoms with Gasteiger partial charge in [0.05, 0.1) is 6.54 Å². The smallest absolute Gasteiger partial charge is 0.357 e. The summed E-state index contributed by atoms with van der Waals surface area (Å²) in [4.78, 5) is 12.2. The molecule has 0 aliphatic carbocycles. The quantitative estimate of drug-likeness (QED) is 0.350. The molecule has 27 heavy (non-hydrogen) atoms. The lowest BCUT2D eigenvalue weighted by molar-refractivity contribution is -0.146. The molecule has 1 unspecified atom stereocenters. The van der Waals surface area contributed by atoms with Gasteiger partial charge in [0.1, 0.15) is 6.54 Å². The third-order valence-electron chi connectivity index (χ3n) is 4.23. The summed E-state index contributed by atoms with van der Waals surface area (Å²) in [5.41, 5.74) is 0. The molecule has 0 saturated carbocycles. The van der Waals surface area contributed by atoms with E-state index in [1.807, 2.05) is 6.92 Å². The second kappa shape index (κ2) is 11.0. The molecule has 1 aromatic rings. The van der Waals surface area contributed by atoms with Gasteiger partial charge in [-0.15, -0.1) is 24.0 Å². The van der Waals surface area contributed by atoms with Crippen molar-refractivity contribution in [3.8, 4) is 0 Å². The summed E-state index contributed by atoms with van der Waals surface area (Å²) in [6, 6.07) is 0. The van der Waals surface area contributed by atoms with Gasteiger partial charge >= 0.3 is 6.18 Å². The maximum Gasteiger partial charge on any atom is 0.401 e. The first-order valence-electron chi connectivity index (χ1n) is 8.92. The van der Waals surface area contributed by atoms with Gasteiger partial charge in [-0.25, -0.2) is 4.99 Å². The number of rotatable bonds is 7. The van der Waals surface area contributed by atoms with E-state index in [1.54, 1.807) is 13.8 Å². The molecule has 0 bridgehead atoms. The highest BCUT2D eigenvalue weighted by Crippen LogP contribution is 2.21. The van der Waals surface area contributed by atoms with E-state index in [0.29, 0.717) is 44.4 Å². The van der Waals surface area contributed by atoms with Gasteiger partial charge in [0.2, 0.25) is 5.89 Å². The molecule has 1 atom stereocenters. The van der Waals surface area contributed by atoms with Crippen LogP contribution in [-0.4, -0.2) is 71.3 Å². The number of guanidine groups is 1. The lowest BCUT2D eigenvalue weighted by atomic mass is 10.1. The molecule has 0 spiro atoms. The summed E-state index contributed by atoms with van der Waals surface area (Å²) in [5, 5.41) is 7.05. The number of hydrogen-bond donors (Lipinski definition) is 1. The van der Waals surface area contributed by atoms with Crippen molar-refractivity contribution in [1.82, 2.24) is 25.3 Å². The summed E-state index contributed by atoms with van der Waals surface area (Å²) >= 11 is 0. The van der Waals surface area contributed by atoms with Gasteiger partial charge in [0.15, 0.2) is 11.8 Å². The van der Waals surface area contributed by atoms with Crippen molar-refractivity contribution in [2.75, 3.05) is 39.3 Å². The number of nitrogens with zero attached hydrogens (tertiary/aromatic N) is 5. The van der Waals surface area contributed by atoms with Crippen LogP contribution < -0.4 is 5.32 Å². The highest BCUT2D eigenvalue weighted by atomic mass is 127. The number of halogens is 4. The van der Waals surface area contributed by atoms with Crippen LogP contribution in [0.2, 0.25) is 0 Å². The van der Waals surface area contributed by atoms with E-state index in [4.69, 9.17) is 4.52 Å². The Kier molecular flexibility index (Phi) is 9.77. The zero-order valence-corrected chi connectivity index (χ0v) is 18.3. The fourth-order valence-corrected chi connectivity index (χ4v) is 3.08. The van der Waals surface area contributed by atoms with Gasteiger partial charge in [-0.3, -0.25) is 4.90 Å². The predicted molar refractivity (Wildman–Crippen MR) is 107 cm³/mol. The van der Waals surface area contributed by atoms with Crippen molar-refractivity contribution in [1.29, 1.82) is 0 Å². The molecule has 11 heteroatoms. The molecule has 1 aromatic heterocycles. The SMILES string of the molecule is CCNC(=NCc1noc(C)n1)N1CCC(CN(CC)CC(F)(F)F)C1.I. The Morgan fingerprint density at radius 1 is 1.41 bits per heavy atom. The van der Waals surface area contributed by atoms with Crippen molar-refractivity contribution in [3.05, 3.63) is 11.7 Å². The summed E-state index contributed by atoms with van der Waals surface area (Å²) in [6.45, 7) is 7.90. The molecule has 0 aromatic carbocycles. The normalized spacial score (nSPS) is 18.1. The highest BCUT2D eigenvalue weighted by Gasteiger charge is 2.33. The lowest BCUT2D eigenvalue weighted by Gasteiger charge is -2.26. The molecular weight excluding hydrogens is 476 g/mol. The molecule has 0 radical (unpaired) electrons. The lowest BCUT2D eigenvalue weighted by Crippen LogP contribution is -2.41. The number of aliphatic imine (C=N–C) groups is 1. The minimum Gasteiger partial charge on any atom is -0.357 e. The first kappa shape index (κ1) is 23.9. The van der Waals surface area contributed by atoms with Crippen molar-refractivity contribution < 1.29 is 17.7 Å². The molecule has 156 valence electrons. The van der Waals surface area contributed by atoms with E-state index >= 15 is 0 Å². The van der Waals surface area contributed by atoms with Crippen LogP contribution >= 0.6 is 24.0 Å². The predicted octanol–water partition coefficient (Wildman–Crippen LogP) is 2.67. The standard InChI is InChI=1S/C16H27F3N6O.HI/c1-4-20-15(21-8-14-22-12(3)26-23-14)25-7-6-13(10-25)9-24(5-2)11-16(17,18)19;/h13H,4-11H2,1-3H3,(H,20,21);1H. The van der Waals surface area contributed by atoms with Crippen molar-refractivity contribution in [2.45, 2.75) is 39.9 Å². The number of likely N-dealkylation sites (tertiary alicyclic amines) is 1. The molecule has 1 aliphatic heterocycles. The number of aromatic nitrogens is 2. The maximum absolute atomic E-state index is 12.6. The Morgan fingerprint density at radius 2 is 2.15 bits per heavy atom. The zero-order chi connectivity index (χ0) is 19.2. The third-order valence-corrected chi connectivity index (χ3v) is 4.23. The second-order valence-corrected chi connectivity index (χ2v) is 6.44. The molecule has 0 amide bonds. The van der Waals surface area contributed by atoms with E-state index in [0.717, 1.165) is 18.9 Å². The maximum atomic E-state index is 12.6. The fraction of sp³-hybridized carbons (Fsp3) is 0.812. The van der Waals surface area contributed by atoms with Gasteiger partial charge in [-0.1, -0.05) is 12.1 Å². The number of alkyl halides is 3. The Morgan fingerprint density at radius 3 is 2.70 bits per heavy atom. The van der Waals surface area contributed by atoms with E-state index in [1.165, 1.54) is 4.90 Å². The second-order valence-electron chi connectivity index (χ2n) is 6.44. The van der Waals surface area contributed by atoms with Gasteiger partial charge in [-0.2, -0.15) is 18.2 Å². The number of nitrogens with one attached hydrogen (secondary N) is 1. The fourth-order valence-electron chi connectivity index (χ4n) is 3.08. The van der Waals surface area contributed by atoms with Crippen LogP contribution in [0.25, 0.3) is 0 Å². The zero-order valence-electron chi connectivity index (χ0n) is 15.9. The van der Waals surface area contributed by atoms with Crippen LogP contribution in [0.15, 0.2) is 9.52 Å². The molecule has 2 rings (SSSR count). The average Bonchev–Trinajstić information content (AvgIpc) is 3.18. The van der Waals surface area contributed by atoms with Crippen molar-refractivity contribution >= 4 is 29.9 Å². The summed E-state index contributed by atoms with van der Waals surface area (Å²) < 4.78 is 42.8. The van der Waals surface area contributed by atoms with Gasteiger partial charge in [-0.05, 0) is 25.8 Å². The van der Waals surface area contributed by atoms with Gasteiger partial charge in [0.25, 0.3) is 0 Å². The average molecular weight is 504 g/mol. The molecule has 1 fully saturated rings. The highest BCUT2D eigenvalue weighted by molar-refractivity contribution is 14.0. The van der Waals surface area contributed by atoms with Gasteiger partial charge in [0, 0.05) is 33.1 Å². The molecule has 7 nitrogen and oxygen atoms in total.